The fourth-order valence-electron chi connectivity index (χ4n) is 4.08. The van der Waals surface area contributed by atoms with Gasteiger partial charge in [0, 0.05) is 0 Å². The summed E-state index contributed by atoms with van der Waals surface area (Å²) in [6.45, 7) is 7.83. The van der Waals surface area contributed by atoms with E-state index in [1.807, 2.05) is 0 Å². The third-order valence-electron chi connectivity index (χ3n) is 5.03. The highest BCUT2D eigenvalue weighted by molar-refractivity contribution is 6.60. The van der Waals surface area contributed by atoms with Crippen LogP contribution < -0.4 is 0 Å². The van der Waals surface area contributed by atoms with Gasteiger partial charge in [0.25, 0.3) is 0 Å². The maximum atomic E-state index is 2.41. The Morgan fingerprint density at radius 2 is 1.80 bits per heavy atom. The van der Waals surface area contributed by atoms with Gasteiger partial charge in [-0.3, -0.25) is 0 Å². The second-order valence-electron chi connectivity index (χ2n) is 6.25. The van der Waals surface area contributed by atoms with E-state index in [1.54, 1.807) is 16.7 Å². The van der Waals surface area contributed by atoms with Crippen molar-refractivity contribution in [1.29, 1.82) is 0 Å². The van der Waals surface area contributed by atoms with Crippen LogP contribution in [0.1, 0.15) is 47.8 Å². The van der Waals surface area contributed by atoms with Crippen LogP contribution in [0.15, 0.2) is 48.5 Å². The van der Waals surface area contributed by atoms with E-state index in [2.05, 4.69) is 69.2 Å². The minimum atomic E-state index is 0.602. The van der Waals surface area contributed by atoms with Crippen molar-refractivity contribution in [3.05, 3.63) is 70.8 Å². The molecule has 20 heavy (non-hydrogen) atoms. The summed E-state index contributed by atoms with van der Waals surface area (Å²) < 4.78 is 0. The van der Waals surface area contributed by atoms with Gasteiger partial charge in [0.2, 0.25) is 0 Å². The Hall–Kier alpha value is -1.50. The van der Waals surface area contributed by atoms with Gasteiger partial charge in [0.05, 0.1) is 0 Å². The van der Waals surface area contributed by atoms with E-state index in [0.29, 0.717) is 11.7 Å². The van der Waals surface area contributed by atoms with Crippen LogP contribution in [0.2, 0.25) is 6.82 Å². The summed E-state index contributed by atoms with van der Waals surface area (Å²) in [5.41, 5.74) is 6.20. The van der Waals surface area contributed by atoms with E-state index in [4.69, 9.17) is 0 Å². The van der Waals surface area contributed by atoms with Crippen LogP contribution in [0.25, 0.3) is 0 Å². The third-order valence-corrected chi connectivity index (χ3v) is 5.03. The summed E-state index contributed by atoms with van der Waals surface area (Å²) in [5, 5.41) is 0. The maximum Gasteiger partial charge on any atom is 0.150 e. The molecule has 1 aliphatic rings. The number of hydrogen-bond donors (Lipinski definition) is 0. The molecule has 3 rings (SSSR count). The van der Waals surface area contributed by atoms with Gasteiger partial charge in [-0.05, 0) is 41.2 Å². The summed E-state index contributed by atoms with van der Waals surface area (Å²) in [6.07, 6.45) is 2.36. The van der Waals surface area contributed by atoms with Crippen LogP contribution in [-0.4, -0.2) is 6.71 Å². The quantitative estimate of drug-likeness (QED) is 0.690. The molecule has 0 radical (unpaired) electrons. The first-order valence-corrected chi connectivity index (χ1v) is 7.88. The molecule has 0 nitrogen and oxygen atoms in total. The lowest BCUT2D eigenvalue weighted by molar-refractivity contribution is 0.715. The second kappa shape index (κ2) is 5.48. The van der Waals surface area contributed by atoms with Gasteiger partial charge in [0.15, 0.2) is 0 Å². The fourth-order valence-corrected chi connectivity index (χ4v) is 4.08. The normalized spacial score (nSPS) is 18.9. The second-order valence-corrected chi connectivity index (χ2v) is 6.25. The summed E-state index contributed by atoms with van der Waals surface area (Å²) in [5.74, 6) is 1.27. The molecule has 0 saturated carbocycles. The van der Waals surface area contributed by atoms with Gasteiger partial charge in [-0.1, -0.05) is 74.8 Å². The lowest BCUT2D eigenvalue weighted by Crippen LogP contribution is -2.21. The Morgan fingerprint density at radius 3 is 2.60 bits per heavy atom. The Labute approximate surface area is 123 Å². The molecule has 2 aromatic rings. The van der Waals surface area contributed by atoms with E-state index in [-0.39, 0.29) is 0 Å². The average Bonchev–Trinajstić information content (AvgIpc) is 2.82. The molecule has 1 heterocycles. The van der Waals surface area contributed by atoms with Crippen LogP contribution in [-0.2, 0) is 12.7 Å². The van der Waals surface area contributed by atoms with E-state index < -0.39 is 0 Å². The zero-order chi connectivity index (χ0) is 14.1. The van der Waals surface area contributed by atoms with E-state index in [9.17, 15) is 0 Å². The molecule has 0 aliphatic carbocycles. The van der Waals surface area contributed by atoms with Gasteiger partial charge >= 0.3 is 0 Å². The van der Waals surface area contributed by atoms with Crippen molar-refractivity contribution in [2.75, 3.05) is 0 Å². The molecule has 0 N–H and O–H groups in total. The van der Waals surface area contributed by atoms with Crippen LogP contribution in [0.4, 0.5) is 0 Å². The van der Waals surface area contributed by atoms with Crippen molar-refractivity contribution < 1.29 is 0 Å². The van der Waals surface area contributed by atoms with Crippen molar-refractivity contribution in [1.82, 2.24) is 0 Å². The number of aryl methyl sites for hydroxylation is 1. The first-order valence-electron chi connectivity index (χ1n) is 7.88. The van der Waals surface area contributed by atoms with E-state index in [1.165, 1.54) is 11.9 Å². The van der Waals surface area contributed by atoms with E-state index in [0.717, 1.165) is 13.1 Å². The van der Waals surface area contributed by atoms with Crippen LogP contribution in [0.5, 0.6) is 0 Å². The molecule has 0 fully saturated rings. The summed E-state index contributed by atoms with van der Waals surface area (Å²) in [6, 6.07) is 18.0. The lowest BCUT2D eigenvalue weighted by Gasteiger charge is -2.26. The monoisotopic (exact) mass is 262 g/mol. The highest BCUT2D eigenvalue weighted by Gasteiger charge is 2.36. The predicted octanol–water partition coefficient (Wildman–Crippen LogP) is 4.90. The number of hydrogen-bond acceptors (Lipinski definition) is 0. The summed E-state index contributed by atoms with van der Waals surface area (Å²) in [4.78, 5) is 0. The number of rotatable bonds is 3. The third kappa shape index (κ3) is 2.20. The number of fused-ring (bicyclic) bond motifs is 1. The Balaban J connectivity index is 2.00. The molecule has 1 aliphatic heterocycles. The first kappa shape index (κ1) is 13.5. The largest absolute Gasteiger partial charge is 0.150 e. The van der Waals surface area contributed by atoms with Gasteiger partial charge < -0.3 is 0 Å². The van der Waals surface area contributed by atoms with Crippen molar-refractivity contribution in [3.63, 3.8) is 0 Å². The van der Waals surface area contributed by atoms with Gasteiger partial charge in [-0.15, -0.1) is 0 Å². The molecular weight excluding hydrogens is 239 g/mol. The minimum absolute atomic E-state index is 0.602. The van der Waals surface area contributed by atoms with Crippen molar-refractivity contribution in [2.45, 2.75) is 45.1 Å². The van der Waals surface area contributed by atoms with Crippen LogP contribution in [0, 0.1) is 0 Å². The summed E-state index contributed by atoms with van der Waals surface area (Å²) in [7, 11) is 0. The Bertz CT molecular complexity index is 602. The van der Waals surface area contributed by atoms with Crippen molar-refractivity contribution in [2.24, 2.45) is 0 Å². The molecule has 2 atom stereocenters. The molecule has 102 valence electrons. The highest BCUT2D eigenvalue weighted by atomic mass is 14.3. The lowest BCUT2D eigenvalue weighted by atomic mass is 9.40. The smallest absolute Gasteiger partial charge is 0.0853 e. The van der Waals surface area contributed by atoms with Gasteiger partial charge in [0.1, 0.15) is 6.71 Å². The zero-order valence-electron chi connectivity index (χ0n) is 12.8. The van der Waals surface area contributed by atoms with Crippen molar-refractivity contribution in [3.8, 4) is 0 Å². The highest BCUT2D eigenvalue weighted by Crippen LogP contribution is 2.42. The topological polar surface area (TPSA) is 0 Å². The standard InChI is InChI=1S/C19H23B/c1-4-15-9-5-7-11-17(15)14(2)19-18-12-8-6-10-16(18)13-20(19)3/h5-12,14,19H,4,13H2,1-3H3. The van der Waals surface area contributed by atoms with Crippen LogP contribution >= 0.6 is 0 Å². The van der Waals surface area contributed by atoms with Crippen LogP contribution in [0.3, 0.4) is 0 Å². The average molecular weight is 262 g/mol. The number of benzene rings is 2. The van der Waals surface area contributed by atoms with Gasteiger partial charge in [-0.2, -0.15) is 0 Å². The van der Waals surface area contributed by atoms with Gasteiger partial charge in [-0.25, -0.2) is 0 Å². The maximum absolute atomic E-state index is 2.41. The molecule has 0 bridgehead atoms. The Kier molecular flexibility index (Phi) is 3.69. The molecule has 0 saturated heterocycles. The van der Waals surface area contributed by atoms with Crippen molar-refractivity contribution >= 4 is 6.71 Å². The van der Waals surface area contributed by atoms with E-state index >= 15 is 0 Å². The first-order chi connectivity index (χ1) is 9.72. The molecule has 2 unspecified atom stereocenters. The Morgan fingerprint density at radius 1 is 1.10 bits per heavy atom. The SMILES string of the molecule is CCc1ccccc1C(C)C1B(C)Cc2ccccc21. The molecule has 0 amide bonds. The molecule has 1 heteroatoms. The molecule has 2 aromatic carbocycles. The summed E-state index contributed by atoms with van der Waals surface area (Å²) >= 11 is 0. The molecular formula is C19H23B. The molecule has 0 aromatic heterocycles. The minimum Gasteiger partial charge on any atom is -0.0853 e. The zero-order valence-corrected chi connectivity index (χ0v) is 12.8. The predicted molar refractivity (Wildman–Crippen MR) is 88.7 cm³/mol. The fraction of sp³-hybridized carbons (Fsp3) is 0.368. The molecule has 0 spiro atoms.